The lowest BCUT2D eigenvalue weighted by molar-refractivity contribution is -0.116. The summed E-state index contributed by atoms with van der Waals surface area (Å²) in [6.07, 6.45) is 0. The zero-order chi connectivity index (χ0) is 19.9. The molecule has 1 amide bonds. The Morgan fingerprint density at radius 3 is 2.64 bits per heavy atom. The number of para-hydroxylation sites is 2. The molecule has 0 bridgehead atoms. The maximum Gasteiger partial charge on any atom is 0.387 e. The fourth-order valence-electron chi connectivity index (χ4n) is 2.94. The van der Waals surface area contributed by atoms with Crippen molar-refractivity contribution in [2.45, 2.75) is 19.6 Å². The van der Waals surface area contributed by atoms with Crippen molar-refractivity contribution in [1.29, 1.82) is 0 Å². The van der Waals surface area contributed by atoms with Gasteiger partial charge in [0.15, 0.2) is 0 Å². The molecule has 6 nitrogen and oxygen atoms in total. The van der Waals surface area contributed by atoms with Crippen LogP contribution in [-0.2, 0) is 9.53 Å². The SMILES string of the molecule is CC(Nc1cccc(N2CCOCC2)c1)C(=O)Nc1ccccc1OC(F)F. The molecule has 1 unspecified atom stereocenters. The summed E-state index contributed by atoms with van der Waals surface area (Å²) in [4.78, 5) is 14.7. The number of hydrogen-bond acceptors (Lipinski definition) is 5. The van der Waals surface area contributed by atoms with Gasteiger partial charge in [0.25, 0.3) is 0 Å². The van der Waals surface area contributed by atoms with Crippen molar-refractivity contribution in [2.24, 2.45) is 0 Å². The first-order chi connectivity index (χ1) is 13.5. The second-order valence-corrected chi connectivity index (χ2v) is 6.38. The maximum absolute atomic E-state index is 12.5. The van der Waals surface area contributed by atoms with Gasteiger partial charge in [0.1, 0.15) is 11.8 Å². The summed E-state index contributed by atoms with van der Waals surface area (Å²) in [7, 11) is 0. The highest BCUT2D eigenvalue weighted by molar-refractivity contribution is 5.97. The van der Waals surface area contributed by atoms with E-state index in [9.17, 15) is 13.6 Å². The first-order valence-electron chi connectivity index (χ1n) is 9.07. The lowest BCUT2D eigenvalue weighted by Crippen LogP contribution is -2.36. The number of benzene rings is 2. The zero-order valence-corrected chi connectivity index (χ0v) is 15.5. The van der Waals surface area contributed by atoms with Gasteiger partial charge in [-0.15, -0.1) is 0 Å². The van der Waals surface area contributed by atoms with Crippen LogP contribution in [0.4, 0.5) is 25.8 Å². The van der Waals surface area contributed by atoms with Crippen LogP contribution < -0.4 is 20.3 Å². The molecule has 0 aliphatic carbocycles. The minimum atomic E-state index is -2.96. The molecule has 2 N–H and O–H groups in total. The predicted octanol–water partition coefficient (Wildman–Crippen LogP) is 3.56. The van der Waals surface area contributed by atoms with Crippen LogP contribution >= 0.6 is 0 Å². The first-order valence-corrected chi connectivity index (χ1v) is 9.07. The summed E-state index contributed by atoms with van der Waals surface area (Å²) < 4.78 is 34.8. The number of amides is 1. The normalized spacial score (nSPS) is 15.2. The monoisotopic (exact) mass is 391 g/mol. The van der Waals surface area contributed by atoms with Crippen molar-refractivity contribution in [1.82, 2.24) is 0 Å². The Morgan fingerprint density at radius 1 is 1.14 bits per heavy atom. The van der Waals surface area contributed by atoms with E-state index in [0.29, 0.717) is 13.2 Å². The van der Waals surface area contributed by atoms with Crippen LogP contribution in [0.15, 0.2) is 48.5 Å². The van der Waals surface area contributed by atoms with E-state index in [2.05, 4.69) is 20.3 Å². The molecule has 1 saturated heterocycles. The number of nitrogens with one attached hydrogen (secondary N) is 2. The zero-order valence-electron chi connectivity index (χ0n) is 15.5. The van der Waals surface area contributed by atoms with Gasteiger partial charge in [-0.3, -0.25) is 4.79 Å². The molecule has 28 heavy (non-hydrogen) atoms. The van der Waals surface area contributed by atoms with Crippen LogP contribution in [0.25, 0.3) is 0 Å². The summed E-state index contributed by atoms with van der Waals surface area (Å²) >= 11 is 0. The molecule has 2 aromatic rings. The Bertz CT molecular complexity index is 798. The molecule has 1 aliphatic rings. The molecule has 1 atom stereocenters. The van der Waals surface area contributed by atoms with E-state index in [0.717, 1.165) is 24.5 Å². The number of morpholine rings is 1. The first kappa shape index (κ1) is 19.9. The quantitative estimate of drug-likeness (QED) is 0.756. The van der Waals surface area contributed by atoms with E-state index in [-0.39, 0.29) is 17.3 Å². The second kappa shape index (κ2) is 9.36. The number of carbonyl (C=O) groups is 1. The number of nitrogens with zero attached hydrogens (tertiary/aromatic N) is 1. The molecule has 150 valence electrons. The fourth-order valence-corrected chi connectivity index (χ4v) is 2.94. The molecule has 0 saturated carbocycles. The third kappa shape index (κ3) is 5.32. The molecule has 3 rings (SSSR count). The maximum atomic E-state index is 12.5. The van der Waals surface area contributed by atoms with E-state index < -0.39 is 12.7 Å². The molecular formula is C20H23F2N3O3. The van der Waals surface area contributed by atoms with E-state index >= 15 is 0 Å². The van der Waals surface area contributed by atoms with Crippen LogP contribution in [0, 0.1) is 0 Å². The summed E-state index contributed by atoms with van der Waals surface area (Å²) in [6.45, 7) is 1.76. The highest BCUT2D eigenvalue weighted by Crippen LogP contribution is 2.26. The molecule has 0 spiro atoms. The van der Waals surface area contributed by atoms with Gasteiger partial charge < -0.3 is 25.0 Å². The number of rotatable bonds is 7. The van der Waals surface area contributed by atoms with E-state index in [4.69, 9.17) is 4.74 Å². The standard InChI is InChI=1S/C20H23F2N3O3/c1-14(19(26)24-17-7-2-3-8-18(17)28-20(21)22)23-15-5-4-6-16(13-15)25-9-11-27-12-10-25/h2-8,13-14,20,23H,9-12H2,1H3,(H,24,26). The third-order valence-electron chi connectivity index (χ3n) is 4.36. The lowest BCUT2D eigenvalue weighted by atomic mass is 10.2. The minimum absolute atomic E-state index is 0.0765. The highest BCUT2D eigenvalue weighted by Gasteiger charge is 2.17. The van der Waals surface area contributed by atoms with Gasteiger partial charge in [0.2, 0.25) is 5.91 Å². The number of halogens is 2. The van der Waals surface area contributed by atoms with Crippen molar-refractivity contribution < 1.29 is 23.0 Å². The molecule has 1 heterocycles. The summed E-state index contributed by atoms with van der Waals surface area (Å²) in [5, 5.41) is 5.77. The van der Waals surface area contributed by atoms with Gasteiger partial charge in [-0.2, -0.15) is 8.78 Å². The smallest absolute Gasteiger partial charge is 0.387 e. The van der Waals surface area contributed by atoms with Crippen molar-refractivity contribution >= 4 is 23.0 Å². The highest BCUT2D eigenvalue weighted by atomic mass is 19.3. The van der Waals surface area contributed by atoms with Gasteiger partial charge in [-0.05, 0) is 37.3 Å². The van der Waals surface area contributed by atoms with E-state index in [1.807, 2.05) is 24.3 Å². The van der Waals surface area contributed by atoms with Crippen LogP contribution in [0.3, 0.4) is 0 Å². The number of hydrogen-bond donors (Lipinski definition) is 2. The Kier molecular flexibility index (Phi) is 6.65. The summed E-state index contributed by atoms with van der Waals surface area (Å²) in [6, 6.07) is 13.3. The number of carbonyl (C=O) groups excluding carboxylic acids is 1. The third-order valence-corrected chi connectivity index (χ3v) is 4.36. The van der Waals surface area contributed by atoms with Gasteiger partial charge in [0.05, 0.1) is 18.9 Å². The van der Waals surface area contributed by atoms with Crippen LogP contribution in [0.5, 0.6) is 5.75 Å². The summed E-state index contributed by atoms with van der Waals surface area (Å²) in [5.74, 6) is -0.436. The molecule has 8 heteroatoms. The Labute approximate surface area is 162 Å². The van der Waals surface area contributed by atoms with Crippen LogP contribution in [0.1, 0.15) is 6.92 Å². The van der Waals surface area contributed by atoms with Gasteiger partial charge in [-0.25, -0.2) is 0 Å². The molecule has 2 aromatic carbocycles. The van der Waals surface area contributed by atoms with Gasteiger partial charge in [-0.1, -0.05) is 18.2 Å². The number of anilines is 3. The molecule has 1 aliphatic heterocycles. The predicted molar refractivity (Wildman–Crippen MR) is 104 cm³/mol. The van der Waals surface area contributed by atoms with Crippen LogP contribution in [-0.4, -0.2) is 44.9 Å². The average molecular weight is 391 g/mol. The minimum Gasteiger partial charge on any atom is -0.433 e. The molecule has 1 fully saturated rings. The molecule has 0 radical (unpaired) electrons. The molecular weight excluding hydrogens is 368 g/mol. The Morgan fingerprint density at radius 2 is 1.89 bits per heavy atom. The summed E-state index contributed by atoms with van der Waals surface area (Å²) in [5.41, 5.74) is 2.05. The molecule has 0 aromatic heterocycles. The number of alkyl halides is 2. The van der Waals surface area contributed by atoms with Crippen molar-refractivity contribution in [3.63, 3.8) is 0 Å². The van der Waals surface area contributed by atoms with Gasteiger partial charge in [0, 0.05) is 24.5 Å². The topological polar surface area (TPSA) is 62.8 Å². The average Bonchev–Trinajstić information content (AvgIpc) is 2.70. The largest absolute Gasteiger partial charge is 0.433 e. The number of ether oxygens (including phenoxy) is 2. The fraction of sp³-hybridized carbons (Fsp3) is 0.350. The van der Waals surface area contributed by atoms with Gasteiger partial charge >= 0.3 is 6.61 Å². The second-order valence-electron chi connectivity index (χ2n) is 6.38. The van der Waals surface area contributed by atoms with Crippen LogP contribution in [0.2, 0.25) is 0 Å². The Hall–Kier alpha value is -2.87. The lowest BCUT2D eigenvalue weighted by Gasteiger charge is -2.29. The van der Waals surface area contributed by atoms with E-state index in [1.165, 1.54) is 12.1 Å². The Balaban J connectivity index is 1.63. The van der Waals surface area contributed by atoms with Crippen molar-refractivity contribution in [3.8, 4) is 5.75 Å². The van der Waals surface area contributed by atoms with Crippen molar-refractivity contribution in [3.05, 3.63) is 48.5 Å². The van der Waals surface area contributed by atoms with E-state index in [1.54, 1.807) is 19.1 Å². The van der Waals surface area contributed by atoms with Crippen molar-refractivity contribution in [2.75, 3.05) is 41.8 Å².